The van der Waals surface area contributed by atoms with E-state index >= 15 is 0 Å². The first-order valence-electron chi connectivity index (χ1n) is 8.59. The van der Waals surface area contributed by atoms with Crippen molar-refractivity contribution in [3.8, 4) is 5.75 Å². The molecule has 25 heavy (non-hydrogen) atoms. The van der Waals surface area contributed by atoms with Crippen molar-refractivity contribution in [2.24, 2.45) is 11.8 Å². The standard InChI is InChI=1S/C19H21NO5/c1-3-10-24-18(22)15-14-8-9-19(25-14)11-20(17(21)16(15)19)12-6-4-5-7-13(12)23-2/h4-9,14-16H,3,10-11H2,1-2H3/t14-,15-,16-,19-/m0/s1. The molecule has 0 saturated carbocycles. The number of nitrogens with zero attached hydrogens (tertiary/aromatic N) is 1. The van der Waals surface area contributed by atoms with Crippen LogP contribution in [0.3, 0.4) is 0 Å². The number of fused-ring (bicyclic) bond motifs is 1. The van der Waals surface area contributed by atoms with E-state index in [1.807, 2.05) is 43.3 Å². The summed E-state index contributed by atoms with van der Waals surface area (Å²) in [6.45, 7) is 2.67. The van der Waals surface area contributed by atoms with Crippen LogP contribution in [-0.2, 0) is 19.1 Å². The highest BCUT2D eigenvalue weighted by molar-refractivity contribution is 6.03. The Balaban J connectivity index is 1.67. The molecule has 6 nitrogen and oxygen atoms in total. The van der Waals surface area contributed by atoms with Gasteiger partial charge in [0, 0.05) is 0 Å². The molecule has 3 heterocycles. The van der Waals surface area contributed by atoms with Crippen LogP contribution in [0.15, 0.2) is 36.4 Å². The van der Waals surface area contributed by atoms with Crippen molar-refractivity contribution < 1.29 is 23.8 Å². The summed E-state index contributed by atoms with van der Waals surface area (Å²) in [5, 5.41) is 0. The first-order valence-corrected chi connectivity index (χ1v) is 8.59. The third-order valence-electron chi connectivity index (χ3n) is 5.20. The Labute approximate surface area is 146 Å². The summed E-state index contributed by atoms with van der Waals surface area (Å²) >= 11 is 0. The smallest absolute Gasteiger partial charge is 0.312 e. The maximum atomic E-state index is 13.2. The number of benzene rings is 1. The minimum absolute atomic E-state index is 0.116. The highest BCUT2D eigenvalue weighted by Crippen LogP contribution is 2.53. The van der Waals surface area contributed by atoms with Gasteiger partial charge in [0.15, 0.2) is 0 Å². The minimum Gasteiger partial charge on any atom is -0.495 e. The molecule has 2 saturated heterocycles. The van der Waals surface area contributed by atoms with Crippen molar-refractivity contribution in [3.05, 3.63) is 36.4 Å². The number of carbonyl (C=O) groups excluding carboxylic acids is 2. The van der Waals surface area contributed by atoms with Gasteiger partial charge in [-0.05, 0) is 18.6 Å². The fourth-order valence-electron chi connectivity index (χ4n) is 4.12. The van der Waals surface area contributed by atoms with Crippen LogP contribution >= 0.6 is 0 Å². The van der Waals surface area contributed by atoms with E-state index in [4.69, 9.17) is 14.2 Å². The van der Waals surface area contributed by atoms with Gasteiger partial charge in [-0.25, -0.2) is 0 Å². The van der Waals surface area contributed by atoms with Gasteiger partial charge in [-0.15, -0.1) is 0 Å². The molecule has 3 aliphatic heterocycles. The molecule has 0 N–H and O–H groups in total. The largest absolute Gasteiger partial charge is 0.495 e. The van der Waals surface area contributed by atoms with Gasteiger partial charge in [0.05, 0.1) is 38.0 Å². The number of rotatable bonds is 5. The lowest BCUT2D eigenvalue weighted by Crippen LogP contribution is -2.40. The number of methoxy groups -OCH3 is 1. The predicted octanol–water partition coefficient (Wildman–Crippen LogP) is 1.93. The molecule has 1 amide bonds. The average molecular weight is 343 g/mol. The number of ether oxygens (including phenoxy) is 3. The minimum atomic E-state index is -0.751. The first kappa shape index (κ1) is 16.1. The quantitative estimate of drug-likeness (QED) is 0.604. The molecular formula is C19H21NO5. The summed E-state index contributed by atoms with van der Waals surface area (Å²) in [5.74, 6) is -0.968. The lowest BCUT2D eigenvalue weighted by atomic mass is 9.77. The summed E-state index contributed by atoms with van der Waals surface area (Å²) in [4.78, 5) is 27.4. The van der Waals surface area contributed by atoms with Crippen molar-refractivity contribution >= 4 is 17.6 Å². The maximum absolute atomic E-state index is 13.2. The molecule has 1 spiro atoms. The first-order chi connectivity index (χ1) is 12.1. The summed E-state index contributed by atoms with van der Waals surface area (Å²) < 4.78 is 16.8. The van der Waals surface area contributed by atoms with Crippen molar-refractivity contribution in [3.63, 3.8) is 0 Å². The predicted molar refractivity (Wildman–Crippen MR) is 90.3 cm³/mol. The van der Waals surface area contributed by atoms with Crippen LogP contribution in [-0.4, -0.2) is 43.8 Å². The highest BCUT2D eigenvalue weighted by atomic mass is 16.6. The Hall–Kier alpha value is -2.34. The lowest BCUT2D eigenvalue weighted by Gasteiger charge is -2.23. The van der Waals surface area contributed by atoms with Crippen molar-refractivity contribution in [1.29, 1.82) is 0 Å². The van der Waals surface area contributed by atoms with Gasteiger partial charge in [-0.3, -0.25) is 9.59 Å². The Kier molecular flexibility index (Phi) is 3.80. The molecule has 132 valence electrons. The van der Waals surface area contributed by atoms with Gasteiger partial charge in [-0.1, -0.05) is 31.2 Å². The van der Waals surface area contributed by atoms with Gasteiger partial charge in [0.2, 0.25) is 5.91 Å². The average Bonchev–Trinajstić information content (AvgIpc) is 3.28. The second-order valence-electron chi connectivity index (χ2n) is 6.66. The van der Waals surface area contributed by atoms with E-state index in [9.17, 15) is 9.59 Å². The van der Waals surface area contributed by atoms with E-state index in [-0.39, 0.29) is 18.0 Å². The zero-order valence-electron chi connectivity index (χ0n) is 14.3. The Morgan fingerprint density at radius 3 is 2.96 bits per heavy atom. The monoisotopic (exact) mass is 343 g/mol. The number of para-hydroxylation sites is 2. The Morgan fingerprint density at radius 1 is 1.40 bits per heavy atom. The van der Waals surface area contributed by atoms with Crippen LogP contribution < -0.4 is 9.64 Å². The molecule has 6 heteroatoms. The normalized spacial score (nSPS) is 32.2. The van der Waals surface area contributed by atoms with Crippen LogP contribution in [0.25, 0.3) is 0 Å². The molecule has 2 bridgehead atoms. The third kappa shape index (κ3) is 2.28. The highest BCUT2D eigenvalue weighted by Gasteiger charge is 2.67. The lowest BCUT2D eigenvalue weighted by molar-refractivity contribution is -0.152. The number of anilines is 1. The molecule has 2 fully saturated rings. The summed E-state index contributed by atoms with van der Waals surface area (Å²) in [7, 11) is 1.57. The van der Waals surface area contributed by atoms with Crippen molar-refractivity contribution in [2.75, 3.05) is 25.2 Å². The molecule has 4 rings (SSSR count). The molecular weight excluding hydrogens is 322 g/mol. The van der Waals surface area contributed by atoms with Gasteiger partial charge in [0.1, 0.15) is 17.3 Å². The molecule has 0 aliphatic carbocycles. The number of hydrogen-bond donors (Lipinski definition) is 0. The molecule has 4 atom stereocenters. The number of esters is 1. The second kappa shape index (κ2) is 5.88. The summed E-state index contributed by atoms with van der Waals surface area (Å²) in [6, 6.07) is 7.37. The Morgan fingerprint density at radius 2 is 2.20 bits per heavy atom. The molecule has 1 aromatic rings. The van der Waals surface area contributed by atoms with E-state index in [0.29, 0.717) is 24.6 Å². The van der Waals surface area contributed by atoms with E-state index in [2.05, 4.69) is 0 Å². The van der Waals surface area contributed by atoms with Crippen LogP contribution in [0, 0.1) is 11.8 Å². The number of carbonyl (C=O) groups is 2. The van der Waals surface area contributed by atoms with Gasteiger partial charge < -0.3 is 19.1 Å². The molecule has 0 unspecified atom stereocenters. The van der Waals surface area contributed by atoms with Gasteiger partial charge >= 0.3 is 5.97 Å². The van der Waals surface area contributed by atoms with Crippen molar-refractivity contribution in [1.82, 2.24) is 0 Å². The summed E-state index contributed by atoms with van der Waals surface area (Å²) in [6.07, 6.45) is 4.18. The maximum Gasteiger partial charge on any atom is 0.312 e. The van der Waals surface area contributed by atoms with E-state index in [1.165, 1.54) is 0 Å². The Bertz CT molecular complexity index is 745. The zero-order chi connectivity index (χ0) is 17.6. The van der Waals surface area contributed by atoms with Crippen LogP contribution in [0.5, 0.6) is 5.75 Å². The SMILES string of the molecule is CCCOC(=O)[C@H]1[C@@H]2C=C[C@@]3(CN(c4ccccc4OC)C(=O)[C@H]13)O2. The number of hydrogen-bond acceptors (Lipinski definition) is 5. The van der Waals surface area contributed by atoms with E-state index < -0.39 is 17.4 Å². The fourth-order valence-corrected chi connectivity index (χ4v) is 4.12. The third-order valence-corrected chi connectivity index (χ3v) is 5.20. The molecule has 1 aromatic carbocycles. The van der Waals surface area contributed by atoms with E-state index in [0.717, 1.165) is 6.42 Å². The molecule has 3 aliphatic rings. The molecule has 0 aromatic heterocycles. The van der Waals surface area contributed by atoms with Crippen molar-refractivity contribution in [2.45, 2.75) is 25.0 Å². The second-order valence-corrected chi connectivity index (χ2v) is 6.66. The number of amides is 1. The van der Waals surface area contributed by atoms with Gasteiger partial charge in [-0.2, -0.15) is 0 Å². The fraction of sp³-hybridized carbons (Fsp3) is 0.474. The van der Waals surface area contributed by atoms with Crippen LogP contribution in [0.2, 0.25) is 0 Å². The van der Waals surface area contributed by atoms with Gasteiger partial charge in [0.25, 0.3) is 0 Å². The topological polar surface area (TPSA) is 65.1 Å². The summed E-state index contributed by atoms with van der Waals surface area (Å²) in [5.41, 5.74) is -0.0571. The van der Waals surface area contributed by atoms with Crippen LogP contribution in [0.4, 0.5) is 5.69 Å². The van der Waals surface area contributed by atoms with Crippen LogP contribution in [0.1, 0.15) is 13.3 Å². The van der Waals surface area contributed by atoms with E-state index in [1.54, 1.807) is 12.0 Å². The zero-order valence-corrected chi connectivity index (χ0v) is 14.3. The molecule has 0 radical (unpaired) electrons.